The predicted octanol–water partition coefficient (Wildman–Crippen LogP) is 6.42. The molecular weight excluding hydrogens is 412 g/mol. The van der Waals surface area contributed by atoms with E-state index >= 15 is 0 Å². The molecule has 1 unspecified atom stereocenters. The number of aromatic hydroxyl groups is 2. The number of benzene rings is 2. The number of phenols is 2. The van der Waals surface area contributed by atoms with Crippen LogP contribution in [0.5, 0.6) is 11.5 Å². The van der Waals surface area contributed by atoms with Gasteiger partial charge in [0.1, 0.15) is 23.0 Å². The summed E-state index contributed by atoms with van der Waals surface area (Å²) >= 11 is 0. The van der Waals surface area contributed by atoms with Crippen LogP contribution in [0.3, 0.4) is 0 Å². The molecule has 2 aromatic carbocycles. The monoisotopic (exact) mass is 436 g/mol. The second-order valence-corrected chi connectivity index (χ2v) is 7.98. The molecule has 4 nitrogen and oxygen atoms in total. The third-order valence-electron chi connectivity index (χ3n) is 5.76. The molecule has 2 aliphatic rings. The number of hydrogen-bond acceptors (Lipinski definition) is 4. The number of hydrogen-bond donors (Lipinski definition) is 4. The molecule has 4 rings (SSSR count). The van der Waals surface area contributed by atoms with Crippen molar-refractivity contribution in [2.45, 2.75) is 12.8 Å². The highest BCUT2D eigenvalue weighted by Crippen LogP contribution is 2.44. The van der Waals surface area contributed by atoms with Crippen molar-refractivity contribution in [3.05, 3.63) is 142 Å². The minimum atomic E-state index is -0.259. The summed E-state index contributed by atoms with van der Waals surface area (Å²) in [5.74, 6) is 0.0717. The van der Waals surface area contributed by atoms with Gasteiger partial charge >= 0.3 is 0 Å². The van der Waals surface area contributed by atoms with Crippen LogP contribution in [0.1, 0.15) is 24.0 Å². The van der Waals surface area contributed by atoms with Gasteiger partial charge in [-0.1, -0.05) is 36.4 Å². The first-order valence-corrected chi connectivity index (χ1v) is 10.6. The molecule has 0 saturated carbocycles. The summed E-state index contributed by atoms with van der Waals surface area (Å²) in [6.07, 6.45) is 11.9. The molecule has 2 aromatic rings. The quantitative estimate of drug-likeness (QED) is 0.408. The van der Waals surface area contributed by atoms with Gasteiger partial charge in [-0.15, -0.1) is 11.5 Å². The Labute approximate surface area is 192 Å². The third kappa shape index (κ3) is 4.94. The second kappa shape index (κ2) is 9.42. The Balaban J connectivity index is 2.00. The van der Waals surface area contributed by atoms with Crippen LogP contribution >= 0.6 is 0 Å². The van der Waals surface area contributed by atoms with Crippen LogP contribution in [0.25, 0.3) is 0 Å². The Morgan fingerprint density at radius 3 is 1.76 bits per heavy atom. The Kier molecular flexibility index (Phi) is 6.24. The number of phenolic OH excluding ortho intramolecular Hbond substituents is 2. The summed E-state index contributed by atoms with van der Waals surface area (Å²) in [6.45, 7) is 1.94. The van der Waals surface area contributed by atoms with E-state index in [0.29, 0.717) is 0 Å². The molecule has 0 bridgehead atoms. The van der Waals surface area contributed by atoms with Crippen molar-refractivity contribution in [1.82, 2.24) is 0 Å². The van der Waals surface area contributed by atoms with Gasteiger partial charge in [-0.05, 0) is 77.3 Å². The fraction of sp³-hybridized carbons (Fsp3) is 0.103. The highest BCUT2D eigenvalue weighted by molar-refractivity contribution is 5.52. The molecule has 164 valence electrons. The lowest BCUT2D eigenvalue weighted by Gasteiger charge is -2.31. The first-order chi connectivity index (χ1) is 15.9. The Hall–Kier alpha value is -4.36. The summed E-state index contributed by atoms with van der Waals surface area (Å²) < 4.78 is 0. The van der Waals surface area contributed by atoms with E-state index in [1.165, 1.54) is 12.2 Å². The van der Waals surface area contributed by atoms with Crippen molar-refractivity contribution in [2.75, 3.05) is 0 Å². The molecule has 0 amide bonds. The van der Waals surface area contributed by atoms with Crippen LogP contribution in [-0.4, -0.2) is 20.4 Å². The van der Waals surface area contributed by atoms with Gasteiger partial charge in [0.25, 0.3) is 0 Å². The fourth-order valence-corrected chi connectivity index (χ4v) is 4.14. The minimum absolute atomic E-state index is 0.102. The smallest absolute Gasteiger partial charge is 0.123 e. The van der Waals surface area contributed by atoms with E-state index in [1.807, 2.05) is 49.4 Å². The van der Waals surface area contributed by atoms with Crippen LogP contribution in [-0.2, 0) is 0 Å². The molecule has 33 heavy (non-hydrogen) atoms. The molecule has 0 fully saturated rings. The van der Waals surface area contributed by atoms with Gasteiger partial charge in [0, 0.05) is 24.0 Å². The second-order valence-electron chi connectivity index (χ2n) is 7.98. The maximum atomic E-state index is 10.1. The van der Waals surface area contributed by atoms with E-state index in [0.717, 1.165) is 27.8 Å². The average Bonchev–Trinajstić information content (AvgIpc) is 3.12. The molecule has 4 N–H and O–H groups in total. The van der Waals surface area contributed by atoms with Crippen molar-refractivity contribution >= 4 is 0 Å². The Morgan fingerprint density at radius 1 is 0.606 bits per heavy atom. The van der Waals surface area contributed by atoms with Crippen molar-refractivity contribution in [2.24, 2.45) is 5.92 Å². The van der Waals surface area contributed by atoms with Gasteiger partial charge in [-0.2, -0.15) is 0 Å². The van der Waals surface area contributed by atoms with Gasteiger partial charge < -0.3 is 20.4 Å². The van der Waals surface area contributed by atoms with Crippen molar-refractivity contribution < 1.29 is 20.4 Å². The first kappa shape index (κ1) is 21.9. The van der Waals surface area contributed by atoms with E-state index in [2.05, 4.69) is 11.5 Å². The summed E-state index contributed by atoms with van der Waals surface area (Å²) in [6, 6.07) is 14.1. The summed E-state index contributed by atoms with van der Waals surface area (Å²) in [7, 11) is 0. The molecule has 0 radical (unpaired) electrons. The van der Waals surface area contributed by atoms with E-state index in [9.17, 15) is 20.4 Å². The molecule has 0 heterocycles. The van der Waals surface area contributed by atoms with Gasteiger partial charge in [-0.25, -0.2) is 0 Å². The average molecular weight is 437 g/mol. The summed E-state index contributed by atoms with van der Waals surface area (Å²) in [5.41, 5.74) is 10.8. The van der Waals surface area contributed by atoms with Gasteiger partial charge in [0.05, 0.1) is 0 Å². The van der Waals surface area contributed by atoms with Gasteiger partial charge in [-0.3, -0.25) is 0 Å². The Bertz CT molecular complexity index is 1260. The van der Waals surface area contributed by atoms with Crippen LogP contribution in [0.15, 0.2) is 131 Å². The predicted molar refractivity (Wildman–Crippen MR) is 129 cm³/mol. The highest BCUT2D eigenvalue weighted by atomic mass is 16.3. The van der Waals surface area contributed by atoms with E-state index < -0.39 is 0 Å². The van der Waals surface area contributed by atoms with Crippen LogP contribution < -0.4 is 0 Å². The summed E-state index contributed by atoms with van der Waals surface area (Å²) in [5, 5.41) is 39.9. The lowest BCUT2D eigenvalue weighted by atomic mass is 9.71. The summed E-state index contributed by atoms with van der Waals surface area (Å²) in [4.78, 5) is 0. The van der Waals surface area contributed by atoms with Gasteiger partial charge in [0.15, 0.2) is 0 Å². The molecule has 0 aliphatic heterocycles. The van der Waals surface area contributed by atoms with Crippen LogP contribution in [0, 0.1) is 5.92 Å². The van der Waals surface area contributed by atoms with E-state index in [-0.39, 0.29) is 34.9 Å². The molecular formula is C29H24O4. The largest absolute Gasteiger partial charge is 0.508 e. The molecule has 2 aliphatic carbocycles. The van der Waals surface area contributed by atoms with E-state index in [4.69, 9.17) is 0 Å². The minimum Gasteiger partial charge on any atom is -0.508 e. The number of aliphatic hydroxyl groups excluding tert-OH is 2. The molecule has 0 aromatic heterocycles. The standard InChI is InChI=1S/C29H24O4/c1-19-5-11-24(31)17-18-27(19)29(20-3-2-4-23(30)12-6-20)28(21-7-13-25(32)14-8-21)22-9-15-26(33)16-10-22/h3-4,6-18,28-33H,1H3. The van der Waals surface area contributed by atoms with E-state index in [1.54, 1.807) is 36.4 Å². The van der Waals surface area contributed by atoms with Gasteiger partial charge in [0.2, 0.25) is 0 Å². The zero-order valence-electron chi connectivity index (χ0n) is 18.1. The first-order valence-electron chi connectivity index (χ1n) is 10.6. The lowest BCUT2D eigenvalue weighted by Crippen LogP contribution is -2.19. The van der Waals surface area contributed by atoms with Crippen molar-refractivity contribution in [3.63, 3.8) is 0 Å². The number of aliphatic hydroxyl groups is 2. The number of rotatable bonds is 5. The number of allylic oxidation sites excluding steroid dienone is 8. The van der Waals surface area contributed by atoms with Crippen LogP contribution in [0.4, 0.5) is 0 Å². The van der Waals surface area contributed by atoms with Crippen molar-refractivity contribution in [1.29, 1.82) is 0 Å². The fourth-order valence-electron chi connectivity index (χ4n) is 4.14. The molecule has 0 spiro atoms. The lowest BCUT2D eigenvalue weighted by molar-refractivity contribution is 0.432. The normalized spacial score (nSPS) is 16.2. The third-order valence-corrected chi connectivity index (χ3v) is 5.76. The maximum absolute atomic E-state index is 10.1. The Morgan fingerprint density at radius 2 is 1.15 bits per heavy atom. The zero-order valence-corrected chi connectivity index (χ0v) is 18.1. The molecule has 1 atom stereocenters. The SMILES string of the molecule is CC1=C=CC(O)=CC=C1C(C1=CC=C(O)C=C=C1)C(c1ccc(O)cc1)c1ccc(O)cc1. The topological polar surface area (TPSA) is 80.9 Å². The van der Waals surface area contributed by atoms with Crippen LogP contribution in [0.2, 0.25) is 0 Å². The zero-order chi connectivity index (χ0) is 23.4. The molecule has 0 saturated heterocycles. The van der Waals surface area contributed by atoms with Crippen molar-refractivity contribution in [3.8, 4) is 11.5 Å². The highest BCUT2D eigenvalue weighted by Gasteiger charge is 2.31. The maximum Gasteiger partial charge on any atom is 0.123 e. The molecule has 4 heteroatoms.